The zero-order chi connectivity index (χ0) is 12.4. The number of aliphatic hydroxyl groups excluding tert-OH is 2. The van der Waals surface area contributed by atoms with Crippen molar-refractivity contribution < 1.29 is 19.8 Å². The molecule has 0 saturated heterocycles. The predicted molar refractivity (Wildman–Crippen MR) is 60.3 cm³/mol. The molecule has 17 heavy (non-hydrogen) atoms. The molecule has 4 heteroatoms. The molecule has 1 aromatic rings. The Balaban J connectivity index is 2.24. The standard InChI is InChI=1S/C13H12O4/c14-10-7-9(11(15)13(17)12(10)16)6-8-4-2-1-3-5-8/h1-5,7,12-13,16-17H,6H2/t12-,13+/m1/s1. The van der Waals surface area contributed by atoms with Gasteiger partial charge in [0.15, 0.2) is 11.6 Å². The quantitative estimate of drug-likeness (QED) is 0.754. The van der Waals surface area contributed by atoms with Gasteiger partial charge in [0.1, 0.15) is 12.2 Å². The van der Waals surface area contributed by atoms with Crippen molar-refractivity contribution in [3.05, 3.63) is 47.5 Å². The highest BCUT2D eigenvalue weighted by atomic mass is 16.3. The SMILES string of the molecule is O=C1C=C(Cc2ccccc2)C(=O)[C@H](O)[C@@H]1O. The summed E-state index contributed by atoms with van der Waals surface area (Å²) in [5.41, 5.74) is 1.11. The zero-order valence-electron chi connectivity index (χ0n) is 9.04. The van der Waals surface area contributed by atoms with Crippen molar-refractivity contribution in [2.45, 2.75) is 18.6 Å². The molecule has 2 atom stereocenters. The first-order valence-electron chi connectivity index (χ1n) is 5.28. The number of carbonyl (C=O) groups is 2. The Kier molecular flexibility index (Phi) is 3.17. The summed E-state index contributed by atoms with van der Waals surface area (Å²) in [5, 5.41) is 18.6. The van der Waals surface area contributed by atoms with E-state index in [0.29, 0.717) is 0 Å². The van der Waals surface area contributed by atoms with Crippen LogP contribution in [-0.2, 0) is 16.0 Å². The van der Waals surface area contributed by atoms with Gasteiger partial charge in [0.05, 0.1) is 0 Å². The Hall–Kier alpha value is -1.78. The van der Waals surface area contributed by atoms with E-state index < -0.39 is 23.8 Å². The molecule has 1 aliphatic carbocycles. The second-order valence-corrected chi connectivity index (χ2v) is 3.99. The summed E-state index contributed by atoms with van der Waals surface area (Å²) in [5.74, 6) is -1.20. The molecule has 0 amide bonds. The van der Waals surface area contributed by atoms with Crippen molar-refractivity contribution in [3.8, 4) is 0 Å². The smallest absolute Gasteiger partial charge is 0.190 e. The molecule has 88 valence electrons. The van der Waals surface area contributed by atoms with Gasteiger partial charge in [-0.15, -0.1) is 0 Å². The average molecular weight is 232 g/mol. The minimum absolute atomic E-state index is 0.235. The molecule has 0 spiro atoms. The normalized spacial score (nSPS) is 24.7. The fourth-order valence-electron chi connectivity index (χ4n) is 1.77. The van der Waals surface area contributed by atoms with Crippen LogP contribution in [0.25, 0.3) is 0 Å². The van der Waals surface area contributed by atoms with Crippen LogP contribution in [0, 0.1) is 0 Å². The number of ketones is 2. The molecule has 0 bridgehead atoms. The zero-order valence-corrected chi connectivity index (χ0v) is 9.04. The molecule has 1 aromatic carbocycles. The lowest BCUT2D eigenvalue weighted by molar-refractivity contribution is -0.140. The van der Waals surface area contributed by atoms with Crippen LogP contribution in [0.1, 0.15) is 5.56 Å². The van der Waals surface area contributed by atoms with E-state index in [9.17, 15) is 19.8 Å². The van der Waals surface area contributed by atoms with Gasteiger partial charge in [-0.05, 0) is 11.6 Å². The first kappa shape index (κ1) is 11.7. The lowest BCUT2D eigenvalue weighted by Gasteiger charge is -2.21. The molecule has 0 saturated carbocycles. The van der Waals surface area contributed by atoms with Gasteiger partial charge in [-0.25, -0.2) is 0 Å². The van der Waals surface area contributed by atoms with Crippen LogP contribution in [0.3, 0.4) is 0 Å². The third kappa shape index (κ3) is 2.33. The number of Topliss-reactive ketones (excluding diaryl/α,β-unsaturated/α-hetero) is 1. The average Bonchev–Trinajstić information content (AvgIpc) is 2.35. The van der Waals surface area contributed by atoms with Crippen molar-refractivity contribution in [1.29, 1.82) is 0 Å². The summed E-state index contributed by atoms with van der Waals surface area (Å²) in [7, 11) is 0. The molecule has 0 heterocycles. The maximum Gasteiger partial charge on any atom is 0.190 e. The molecule has 0 fully saturated rings. The second-order valence-electron chi connectivity index (χ2n) is 3.99. The summed E-state index contributed by atoms with van der Waals surface area (Å²) in [6.45, 7) is 0. The van der Waals surface area contributed by atoms with Crippen LogP contribution in [0.15, 0.2) is 42.0 Å². The topological polar surface area (TPSA) is 74.6 Å². The summed E-state index contributed by atoms with van der Waals surface area (Å²) in [6, 6.07) is 9.17. The van der Waals surface area contributed by atoms with Crippen LogP contribution in [0.4, 0.5) is 0 Å². The van der Waals surface area contributed by atoms with Crippen molar-refractivity contribution in [3.63, 3.8) is 0 Å². The molecule has 2 N–H and O–H groups in total. The van der Waals surface area contributed by atoms with Crippen LogP contribution < -0.4 is 0 Å². The lowest BCUT2D eigenvalue weighted by atomic mass is 9.88. The maximum atomic E-state index is 11.7. The Morgan fingerprint density at radius 3 is 2.29 bits per heavy atom. The number of aliphatic hydroxyl groups is 2. The van der Waals surface area contributed by atoms with E-state index in [1.54, 1.807) is 0 Å². The third-order valence-corrected chi connectivity index (χ3v) is 2.73. The minimum atomic E-state index is -1.63. The molecule has 0 radical (unpaired) electrons. The van der Waals surface area contributed by atoms with Gasteiger partial charge in [0.2, 0.25) is 0 Å². The Bertz CT molecular complexity index is 475. The lowest BCUT2D eigenvalue weighted by Crippen LogP contribution is -2.43. The van der Waals surface area contributed by atoms with E-state index in [1.165, 1.54) is 0 Å². The molecule has 1 aliphatic rings. The van der Waals surface area contributed by atoms with Crippen molar-refractivity contribution in [1.82, 2.24) is 0 Å². The Labute approximate surface area is 98.2 Å². The minimum Gasteiger partial charge on any atom is -0.382 e. The van der Waals surface area contributed by atoms with E-state index in [2.05, 4.69) is 0 Å². The van der Waals surface area contributed by atoms with Gasteiger partial charge in [0, 0.05) is 12.0 Å². The number of hydrogen-bond acceptors (Lipinski definition) is 4. The molecule has 0 unspecified atom stereocenters. The number of benzene rings is 1. The van der Waals surface area contributed by atoms with Crippen molar-refractivity contribution in [2.24, 2.45) is 0 Å². The molecular formula is C13H12O4. The van der Waals surface area contributed by atoms with Gasteiger partial charge >= 0.3 is 0 Å². The first-order chi connectivity index (χ1) is 8.09. The highest BCUT2D eigenvalue weighted by Crippen LogP contribution is 2.17. The second kappa shape index (κ2) is 4.61. The fourth-order valence-corrected chi connectivity index (χ4v) is 1.77. The fraction of sp³-hybridized carbons (Fsp3) is 0.231. The number of hydrogen-bond donors (Lipinski definition) is 2. The van der Waals surface area contributed by atoms with Crippen molar-refractivity contribution >= 4 is 11.6 Å². The number of rotatable bonds is 2. The summed E-state index contributed by atoms with van der Waals surface area (Å²) >= 11 is 0. The molecule has 4 nitrogen and oxygen atoms in total. The highest BCUT2D eigenvalue weighted by Gasteiger charge is 2.35. The van der Waals surface area contributed by atoms with Crippen LogP contribution in [-0.4, -0.2) is 34.0 Å². The van der Waals surface area contributed by atoms with Crippen LogP contribution in [0.5, 0.6) is 0 Å². The van der Waals surface area contributed by atoms with E-state index >= 15 is 0 Å². The van der Waals surface area contributed by atoms with E-state index in [0.717, 1.165) is 11.6 Å². The van der Waals surface area contributed by atoms with Gasteiger partial charge in [-0.3, -0.25) is 9.59 Å². The molecule has 0 aromatic heterocycles. The largest absolute Gasteiger partial charge is 0.382 e. The van der Waals surface area contributed by atoms with E-state index in [4.69, 9.17) is 0 Å². The van der Waals surface area contributed by atoms with Crippen molar-refractivity contribution in [2.75, 3.05) is 0 Å². The Morgan fingerprint density at radius 1 is 1.00 bits per heavy atom. The molecular weight excluding hydrogens is 220 g/mol. The molecule has 0 aliphatic heterocycles. The van der Waals surface area contributed by atoms with Gasteiger partial charge in [-0.2, -0.15) is 0 Å². The first-order valence-corrected chi connectivity index (χ1v) is 5.28. The molecule has 2 rings (SSSR count). The van der Waals surface area contributed by atoms with Gasteiger partial charge in [-0.1, -0.05) is 30.3 Å². The van der Waals surface area contributed by atoms with Gasteiger partial charge < -0.3 is 10.2 Å². The monoisotopic (exact) mass is 232 g/mol. The van der Waals surface area contributed by atoms with Crippen LogP contribution >= 0.6 is 0 Å². The maximum absolute atomic E-state index is 11.7. The third-order valence-electron chi connectivity index (χ3n) is 2.73. The van der Waals surface area contributed by atoms with E-state index in [1.807, 2.05) is 30.3 Å². The van der Waals surface area contributed by atoms with E-state index in [-0.39, 0.29) is 12.0 Å². The summed E-state index contributed by atoms with van der Waals surface area (Å²) in [4.78, 5) is 23.0. The number of carbonyl (C=O) groups excluding carboxylic acids is 2. The summed E-state index contributed by atoms with van der Waals surface area (Å²) < 4.78 is 0. The highest BCUT2D eigenvalue weighted by molar-refractivity contribution is 6.13. The van der Waals surface area contributed by atoms with Gasteiger partial charge in [0.25, 0.3) is 0 Å². The van der Waals surface area contributed by atoms with Crippen LogP contribution in [0.2, 0.25) is 0 Å². The predicted octanol–water partition coefficient (Wildman–Crippen LogP) is 0.0291. The Morgan fingerprint density at radius 2 is 1.65 bits per heavy atom. The summed E-state index contributed by atoms with van der Waals surface area (Å²) in [6.07, 6.45) is -1.85.